The molecule has 1 saturated carbocycles. The first kappa shape index (κ1) is 16.8. The highest BCUT2D eigenvalue weighted by atomic mass is 16.6. The number of benzene rings is 1. The van der Waals surface area contributed by atoms with Crippen molar-refractivity contribution in [2.45, 2.75) is 44.3 Å². The Balaban J connectivity index is 1.51. The van der Waals surface area contributed by atoms with Crippen LogP contribution in [0.3, 0.4) is 0 Å². The van der Waals surface area contributed by atoms with Crippen LogP contribution < -0.4 is 9.47 Å². The van der Waals surface area contributed by atoms with Gasteiger partial charge in [0, 0.05) is 19.1 Å². The number of carbonyl (C=O) groups excluding carboxylic acids is 2. The lowest BCUT2D eigenvalue weighted by Crippen LogP contribution is -2.27. The normalized spacial score (nSPS) is 22.2. The van der Waals surface area contributed by atoms with Crippen LogP contribution in [0.15, 0.2) is 18.2 Å². The lowest BCUT2D eigenvalue weighted by molar-refractivity contribution is -0.154. The zero-order valence-corrected chi connectivity index (χ0v) is 13.8. The Morgan fingerprint density at radius 1 is 1.08 bits per heavy atom. The van der Waals surface area contributed by atoms with Crippen molar-refractivity contribution < 1.29 is 28.5 Å². The molecule has 1 aromatic rings. The van der Waals surface area contributed by atoms with Gasteiger partial charge in [0.25, 0.3) is 0 Å². The third kappa shape index (κ3) is 3.87. The Bertz CT molecular complexity index is 612. The van der Waals surface area contributed by atoms with Gasteiger partial charge < -0.3 is 18.9 Å². The number of methoxy groups -OCH3 is 1. The molecular formula is C18H22O6. The van der Waals surface area contributed by atoms with Crippen LogP contribution in [0.25, 0.3) is 0 Å². The fraction of sp³-hybridized carbons (Fsp3) is 0.556. The van der Waals surface area contributed by atoms with Gasteiger partial charge in [-0.15, -0.1) is 0 Å². The van der Waals surface area contributed by atoms with Gasteiger partial charge in [-0.25, -0.2) is 0 Å². The van der Waals surface area contributed by atoms with Crippen molar-refractivity contribution in [1.82, 2.24) is 0 Å². The molecular weight excluding hydrogens is 312 g/mol. The lowest BCUT2D eigenvalue weighted by atomic mass is 10.1. The number of hydrogen-bond donors (Lipinski definition) is 0. The number of carbonyl (C=O) groups is 2. The summed E-state index contributed by atoms with van der Waals surface area (Å²) in [7, 11) is 1.63. The first-order chi connectivity index (χ1) is 11.7. The van der Waals surface area contributed by atoms with Gasteiger partial charge >= 0.3 is 5.97 Å². The van der Waals surface area contributed by atoms with E-state index >= 15 is 0 Å². The zero-order valence-electron chi connectivity index (χ0n) is 13.8. The summed E-state index contributed by atoms with van der Waals surface area (Å²) >= 11 is 0. The molecule has 1 aliphatic heterocycles. The minimum atomic E-state index is -0.352. The third-order valence-corrected chi connectivity index (χ3v) is 4.40. The molecule has 0 unspecified atom stereocenters. The summed E-state index contributed by atoms with van der Waals surface area (Å²) in [6.07, 6.45) is 2.69. The van der Waals surface area contributed by atoms with Crippen molar-refractivity contribution in [3.63, 3.8) is 0 Å². The lowest BCUT2D eigenvalue weighted by Gasteiger charge is -2.19. The van der Waals surface area contributed by atoms with Crippen molar-refractivity contribution in [2.24, 2.45) is 0 Å². The van der Waals surface area contributed by atoms with E-state index in [1.807, 2.05) is 0 Å². The summed E-state index contributed by atoms with van der Waals surface area (Å²) < 4.78 is 21.6. The average molecular weight is 334 g/mol. The molecule has 0 aromatic heterocycles. The second-order valence-electron chi connectivity index (χ2n) is 6.01. The smallest absolute Gasteiger partial charge is 0.306 e. The van der Waals surface area contributed by atoms with Gasteiger partial charge in [-0.2, -0.15) is 0 Å². The van der Waals surface area contributed by atoms with E-state index in [-0.39, 0.29) is 36.8 Å². The predicted octanol–water partition coefficient (Wildman–Crippen LogP) is 2.53. The van der Waals surface area contributed by atoms with Crippen LogP contribution in [0.5, 0.6) is 11.5 Å². The molecule has 0 radical (unpaired) electrons. The summed E-state index contributed by atoms with van der Waals surface area (Å²) in [5.74, 6) is 0.751. The first-order valence-corrected chi connectivity index (χ1v) is 8.32. The second kappa shape index (κ2) is 7.66. The molecule has 2 atom stereocenters. The van der Waals surface area contributed by atoms with Crippen LogP contribution in [0.4, 0.5) is 0 Å². The molecule has 1 fully saturated rings. The number of ketones is 1. The van der Waals surface area contributed by atoms with Gasteiger partial charge in [0.2, 0.25) is 0 Å². The van der Waals surface area contributed by atoms with E-state index in [1.165, 1.54) is 0 Å². The van der Waals surface area contributed by atoms with Crippen LogP contribution in [0, 0.1) is 0 Å². The number of fused-ring (bicyclic) bond motifs is 1. The van der Waals surface area contributed by atoms with Crippen LogP contribution >= 0.6 is 0 Å². The molecule has 0 bridgehead atoms. The number of hydrogen-bond acceptors (Lipinski definition) is 6. The van der Waals surface area contributed by atoms with Crippen molar-refractivity contribution in [1.29, 1.82) is 0 Å². The number of esters is 1. The maximum Gasteiger partial charge on any atom is 0.306 e. The SMILES string of the molecule is CO[C@H]1CCC[C@@H]1OC(=O)CCC(=O)c1ccc2c(c1)OCCO2. The third-order valence-electron chi connectivity index (χ3n) is 4.40. The van der Waals surface area contributed by atoms with Gasteiger partial charge in [0.1, 0.15) is 19.3 Å². The Hall–Kier alpha value is -2.08. The van der Waals surface area contributed by atoms with Crippen molar-refractivity contribution in [3.8, 4) is 11.5 Å². The van der Waals surface area contributed by atoms with E-state index in [0.29, 0.717) is 30.3 Å². The van der Waals surface area contributed by atoms with Gasteiger partial charge in [-0.05, 0) is 37.5 Å². The number of Topliss-reactive ketones (excluding diaryl/α,β-unsaturated/α-hetero) is 1. The quantitative estimate of drug-likeness (QED) is 0.588. The van der Waals surface area contributed by atoms with Crippen LogP contribution in [0.1, 0.15) is 42.5 Å². The topological polar surface area (TPSA) is 71.1 Å². The molecule has 0 amide bonds. The molecule has 6 heteroatoms. The van der Waals surface area contributed by atoms with E-state index in [2.05, 4.69) is 0 Å². The highest BCUT2D eigenvalue weighted by Crippen LogP contribution is 2.31. The molecule has 0 saturated heterocycles. The van der Waals surface area contributed by atoms with Crippen molar-refractivity contribution >= 4 is 11.8 Å². The van der Waals surface area contributed by atoms with E-state index in [4.69, 9.17) is 18.9 Å². The molecule has 0 spiro atoms. The minimum absolute atomic E-state index is 0.0255. The number of ether oxygens (including phenoxy) is 4. The Morgan fingerprint density at radius 2 is 1.83 bits per heavy atom. The Morgan fingerprint density at radius 3 is 2.62 bits per heavy atom. The first-order valence-electron chi connectivity index (χ1n) is 8.32. The van der Waals surface area contributed by atoms with Gasteiger partial charge in [-0.1, -0.05) is 0 Å². The van der Waals surface area contributed by atoms with E-state index in [1.54, 1.807) is 25.3 Å². The van der Waals surface area contributed by atoms with Crippen LogP contribution in [-0.2, 0) is 14.3 Å². The predicted molar refractivity (Wildman–Crippen MR) is 85.5 cm³/mol. The summed E-state index contributed by atoms with van der Waals surface area (Å²) in [6, 6.07) is 5.08. The molecule has 24 heavy (non-hydrogen) atoms. The average Bonchev–Trinajstić information content (AvgIpc) is 3.06. The largest absolute Gasteiger partial charge is 0.486 e. The van der Waals surface area contributed by atoms with E-state index in [9.17, 15) is 9.59 Å². The second-order valence-corrected chi connectivity index (χ2v) is 6.01. The van der Waals surface area contributed by atoms with E-state index < -0.39 is 0 Å². The van der Waals surface area contributed by atoms with E-state index in [0.717, 1.165) is 19.3 Å². The molecule has 1 aliphatic carbocycles. The molecule has 0 N–H and O–H groups in total. The maximum absolute atomic E-state index is 12.3. The van der Waals surface area contributed by atoms with Gasteiger partial charge in [0.15, 0.2) is 17.3 Å². The molecule has 2 aliphatic rings. The number of rotatable bonds is 6. The fourth-order valence-corrected chi connectivity index (χ4v) is 3.10. The molecule has 1 heterocycles. The highest BCUT2D eigenvalue weighted by molar-refractivity contribution is 5.98. The fourth-order valence-electron chi connectivity index (χ4n) is 3.10. The molecule has 130 valence electrons. The van der Waals surface area contributed by atoms with Crippen molar-refractivity contribution in [3.05, 3.63) is 23.8 Å². The molecule has 3 rings (SSSR count). The Kier molecular flexibility index (Phi) is 5.35. The standard InChI is InChI=1S/C18H22O6/c1-21-14-3-2-4-16(14)24-18(20)8-6-13(19)12-5-7-15-17(11-12)23-10-9-22-15/h5,7,11,14,16H,2-4,6,8-10H2,1H3/t14-,16-/m0/s1. The van der Waals surface area contributed by atoms with Gasteiger partial charge in [0.05, 0.1) is 12.5 Å². The van der Waals surface area contributed by atoms with Crippen LogP contribution in [-0.4, -0.2) is 44.3 Å². The maximum atomic E-state index is 12.3. The van der Waals surface area contributed by atoms with Gasteiger partial charge in [-0.3, -0.25) is 9.59 Å². The summed E-state index contributed by atoms with van der Waals surface area (Å²) in [6.45, 7) is 0.981. The molecule has 6 nitrogen and oxygen atoms in total. The van der Waals surface area contributed by atoms with Crippen LogP contribution in [0.2, 0.25) is 0 Å². The summed E-state index contributed by atoms with van der Waals surface area (Å²) in [5, 5.41) is 0. The zero-order chi connectivity index (χ0) is 16.9. The summed E-state index contributed by atoms with van der Waals surface area (Å²) in [4.78, 5) is 24.2. The minimum Gasteiger partial charge on any atom is -0.486 e. The Labute approximate surface area is 141 Å². The summed E-state index contributed by atoms with van der Waals surface area (Å²) in [5.41, 5.74) is 0.516. The van der Waals surface area contributed by atoms with Crippen molar-refractivity contribution in [2.75, 3.05) is 20.3 Å². The highest BCUT2D eigenvalue weighted by Gasteiger charge is 2.30. The molecule has 1 aromatic carbocycles. The monoisotopic (exact) mass is 334 g/mol.